The molecule has 0 atom stereocenters. The maximum Gasteiger partial charge on any atom is 0.296 e. The summed E-state index contributed by atoms with van der Waals surface area (Å²) in [6, 6.07) is 27.9. The van der Waals surface area contributed by atoms with Gasteiger partial charge in [0.1, 0.15) is 14.9 Å². The van der Waals surface area contributed by atoms with Crippen molar-refractivity contribution in [2.24, 2.45) is 0 Å². The fourth-order valence-corrected chi connectivity index (χ4v) is 7.54. The molecule has 184 valence electrons. The largest absolute Gasteiger partial charge is 0.381 e. The number of hydrogen-bond acceptors (Lipinski definition) is 7. The van der Waals surface area contributed by atoms with Crippen LogP contribution in [0.3, 0.4) is 0 Å². The van der Waals surface area contributed by atoms with Crippen LogP contribution >= 0.6 is 22.7 Å². The number of fused-ring (bicyclic) bond motifs is 2. The van der Waals surface area contributed by atoms with Crippen LogP contribution in [0.15, 0.2) is 89.8 Å². The standard InChI is InChI=1S/C28H21N3O3S3/c1-17-7-13-23-25(26(17)37(32,33)34)36-28(31-23)20-10-14-22-24(15-20)35-27(30-22)19-8-11-21(12-9-19)29-16-18-5-3-2-4-6-18/h2-15,29H,16H2,1H3,(H,32,33,34). The molecule has 6 aromatic rings. The Morgan fingerprint density at radius 3 is 2.24 bits per heavy atom. The van der Waals surface area contributed by atoms with Gasteiger partial charge in [0.25, 0.3) is 10.1 Å². The number of aromatic nitrogens is 2. The van der Waals surface area contributed by atoms with E-state index in [1.54, 1.807) is 30.4 Å². The summed E-state index contributed by atoms with van der Waals surface area (Å²) in [5, 5.41) is 5.06. The van der Waals surface area contributed by atoms with Gasteiger partial charge in [0.2, 0.25) is 0 Å². The summed E-state index contributed by atoms with van der Waals surface area (Å²) in [6.45, 7) is 2.43. The van der Waals surface area contributed by atoms with Crippen LogP contribution in [0.2, 0.25) is 0 Å². The summed E-state index contributed by atoms with van der Waals surface area (Å²) >= 11 is 2.86. The molecule has 2 aromatic heterocycles. The van der Waals surface area contributed by atoms with Crippen LogP contribution in [-0.2, 0) is 16.7 Å². The average molecular weight is 544 g/mol. The first-order valence-electron chi connectivity index (χ1n) is 11.5. The van der Waals surface area contributed by atoms with E-state index >= 15 is 0 Å². The predicted molar refractivity (Wildman–Crippen MR) is 152 cm³/mol. The second-order valence-electron chi connectivity index (χ2n) is 8.67. The van der Waals surface area contributed by atoms with E-state index in [-0.39, 0.29) is 4.90 Å². The highest BCUT2D eigenvalue weighted by Gasteiger charge is 2.21. The molecule has 0 saturated carbocycles. The van der Waals surface area contributed by atoms with Crippen LogP contribution in [0.5, 0.6) is 0 Å². The van der Waals surface area contributed by atoms with Crippen molar-refractivity contribution in [1.82, 2.24) is 9.97 Å². The van der Waals surface area contributed by atoms with Gasteiger partial charge in [-0.25, -0.2) is 9.97 Å². The van der Waals surface area contributed by atoms with Gasteiger partial charge < -0.3 is 5.32 Å². The Kier molecular flexibility index (Phi) is 6.00. The van der Waals surface area contributed by atoms with Crippen molar-refractivity contribution in [3.8, 4) is 21.1 Å². The predicted octanol–water partition coefficient (Wildman–Crippen LogP) is 7.41. The van der Waals surface area contributed by atoms with Crippen LogP contribution in [-0.4, -0.2) is 22.9 Å². The molecule has 6 rings (SSSR count). The fourth-order valence-electron chi connectivity index (χ4n) is 4.22. The molecule has 2 heterocycles. The highest BCUT2D eigenvalue weighted by molar-refractivity contribution is 7.86. The van der Waals surface area contributed by atoms with Gasteiger partial charge in [0.05, 0.1) is 20.4 Å². The maximum atomic E-state index is 12.0. The first-order valence-corrected chi connectivity index (χ1v) is 14.6. The number of nitrogens with zero attached hydrogens (tertiary/aromatic N) is 2. The maximum absolute atomic E-state index is 12.0. The number of aryl methyl sites for hydroxylation is 1. The van der Waals surface area contributed by atoms with Crippen LogP contribution in [0, 0.1) is 6.92 Å². The van der Waals surface area contributed by atoms with E-state index in [1.165, 1.54) is 16.9 Å². The normalized spacial score (nSPS) is 11.8. The molecular weight excluding hydrogens is 523 g/mol. The van der Waals surface area contributed by atoms with Gasteiger partial charge in [-0.1, -0.05) is 36.4 Å². The van der Waals surface area contributed by atoms with Gasteiger partial charge in [0.15, 0.2) is 0 Å². The van der Waals surface area contributed by atoms with Crippen molar-refractivity contribution in [2.45, 2.75) is 18.4 Å². The lowest BCUT2D eigenvalue weighted by atomic mass is 10.2. The van der Waals surface area contributed by atoms with Gasteiger partial charge in [-0.2, -0.15) is 8.42 Å². The quantitative estimate of drug-likeness (QED) is 0.213. The van der Waals surface area contributed by atoms with E-state index in [1.807, 2.05) is 36.4 Å². The average Bonchev–Trinajstić information content (AvgIpc) is 3.51. The molecule has 0 unspecified atom stereocenters. The summed E-state index contributed by atoms with van der Waals surface area (Å²) in [5.74, 6) is 0. The lowest BCUT2D eigenvalue weighted by molar-refractivity contribution is 0.483. The molecule has 6 nitrogen and oxygen atoms in total. The summed E-state index contributed by atoms with van der Waals surface area (Å²) in [4.78, 5) is 9.38. The molecule has 9 heteroatoms. The zero-order valence-electron chi connectivity index (χ0n) is 19.7. The Balaban J connectivity index is 1.28. The number of rotatable bonds is 6. The summed E-state index contributed by atoms with van der Waals surface area (Å²) in [5.41, 5.74) is 6.13. The fraction of sp³-hybridized carbons (Fsp3) is 0.0714. The van der Waals surface area contributed by atoms with Crippen LogP contribution in [0.4, 0.5) is 5.69 Å². The molecule has 4 aromatic carbocycles. The van der Waals surface area contributed by atoms with Crippen molar-refractivity contribution in [3.63, 3.8) is 0 Å². The van der Waals surface area contributed by atoms with Crippen molar-refractivity contribution >= 4 is 58.9 Å². The molecule has 0 fully saturated rings. The third-order valence-electron chi connectivity index (χ3n) is 6.07. The molecule has 0 bridgehead atoms. The zero-order chi connectivity index (χ0) is 25.6. The SMILES string of the molecule is Cc1ccc2nc(-c3ccc4nc(-c5ccc(NCc6ccccc6)cc5)sc4c3)sc2c1S(=O)(=O)O. The number of benzene rings is 4. The minimum absolute atomic E-state index is 0.0726. The van der Waals surface area contributed by atoms with Crippen LogP contribution in [0.25, 0.3) is 41.6 Å². The Hall–Kier alpha value is -3.63. The Morgan fingerprint density at radius 1 is 0.811 bits per heavy atom. The highest BCUT2D eigenvalue weighted by Crippen LogP contribution is 2.38. The van der Waals surface area contributed by atoms with Crippen LogP contribution < -0.4 is 5.32 Å². The van der Waals surface area contributed by atoms with Crippen molar-refractivity contribution in [3.05, 3.63) is 96.1 Å². The first kappa shape index (κ1) is 23.7. The molecule has 0 amide bonds. The molecule has 0 spiro atoms. The molecule has 0 aliphatic rings. The monoisotopic (exact) mass is 543 g/mol. The van der Waals surface area contributed by atoms with E-state index < -0.39 is 10.1 Å². The minimum atomic E-state index is -4.35. The van der Waals surface area contributed by atoms with Gasteiger partial charge in [-0.3, -0.25) is 4.55 Å². The number of hydrogen-bond donors (Lipinski definition) is 2. The van der Waals surface area contributed by atoms with Gasteiger partial charge in [-0.15, -0.1) is 22.7 Å². The summed E-state index contributed by atoms with van der Waals surface area (Å²) in [6.07, 6.45) is 0. The molecule has 0 aliphatic heterocycles. The highest BCUT2D eigenvalue weighted by atomic mass is 32.2. The van der Waals surface area contributed by atoms with Crippen molar-refractivity contribution < 1.29 is 13.0 Å². The van der Waals surface area contributed by atoms with Crippen LogP contribution in [0.1, 0.15) is 11.1 Å². The zero-order valence-corrected chi connectivity index (χ0v) is 22.1. The molecule has 0 radical (unpaired) electrons. The van der Waals surface area contributed by atoms with Crippen molar-refractivity contribution in [1.29, 1.82) is 0 Å². The second-order valence-corrected chi connectivity index (χ2v) is 12.1. The topological polar surface area (TPSA) is 92.2 Å². The Morgan fingerprint density at radius 2 is 1.49 bits per heavy atom. The summed E-state index contributed by atoms with van der Waals surface area (Å²) < 4.78 is 35.2. The second kappa shape index (κ2) is 9.35. The summed E-state index contributed by atoms with van der Waals surface area (Å²) in [7, 11) is -4.35. The minimum Gasteiger partial charge on any atom is -0.381 e. The van der Waals surface area contributed by atoms with E-state index in [0.717, 1.165) is 38.6 Å². The third-order valence-corrected chi connectivity index (χ3v) is 9.45. The number of nitrogens with one attached hydrogen (secondary N) is 1. The number of thiazole rings is 2. The lowest BCUT2D eigenvalue weighted by Crippen LogP contribution is -2.00. The van der Waals surface area contributed by atoms with Gasteiger partial charge >= 0.3 is 0 Å². The van der Waals surface area contributed by atoms with E-state index in [0.29, 0.717) is 20.8 Å². The van der Waals surface area contributed by atoms with Crippen molar-refractivity contribution in [2.75, 3.05) is 5.32 Å². The Bertz CT molecular complexity index is 1860. The molecule has 37 heavy (non-hydrogen) atoms. The van der Waals surface area contributed by atoms with Gasteiger partial charge in [0, 0.05) is 23.4 Å². The first-order chi connectivity index (χ1) is 17.8. The number of anilines is 1. The van der Waals surface area contributed by atoms with E-state index in [9.17, 15) is 13.0 Å². The molecule has 2 N–H and O–H groups in total. The molecule has 0 saturated heterocycles. The third kappa shape index (κ3) is 4.74. The smallest absolute Gasteiger partial charge is 0.296 e. The van der Waals surface area contributed by atoms with E-state index in [4.69, 9.17) is 4.98 Å². The van der Waals surface area contributed by atoms with Gasteiger partial charge in [-0.05, 0) is 66.6 Å². The van der Waals surface area contributed by atoms with E-state index in [2.05, 4.69) is 46.7 Å². The Labute approximate surface area is 222 Å². The molecular formula is C28H21N3O3S3. The molecule has 0 aliphatic carbocycles. The lowest BCUT2D eigenvalue weighted by Gasteiger charge is -2.07.